The summed E-state index contributed by atoms with van der Waals surface area (Å²) in [6, 6.07) is 4.41. The summed E-state index contributed by atoms with van der Waals surface area (Å²) in [6.07, 6.45) is 3.70. The summed E-state index contributed by atoms with van der Waals surface area (Å²) in [7, 11) is 0. The highest BCUT2D eigenvalue weighted by Crippen LogP contribution is 2.23. The van der Waals surface area contributed by atoms with E-state index in [1.165, 1.54) is 0 Å². The van der Waals surface area contributed by atoms with E-state index in [0.29, 0.717) is 0 Å². The fourth-order valence-electron chi connectivity index (χ4n) is 1.53. The van der Waals surface area contributed by atoms with Crippen LogP contribution in [0.3, 0.4) is 0 Å². The molecule has 0 aliphatic rings. The molecule has 0 unspecified atom stereocenters. The number of carbonyl (C=O) groups is 1. The Hall–Kier alpha value is -2.50. The molecule has 0 saturated carbocycles. The van der Waals surface area contributed by atoms with Crippen molar-refractivity contribution in [3.05, 3.63) is 53.7 Å². The van der Waals surface area contributed by atoms with Crippen molar-refractivity contribution in [1.82, 2.24) is 9.97 Å². The highest BCUT2D eigenvalue weighted by Gasteiger charge is 2.17. The minimum atomic E-state index is -1.29. The first kappa shape index (κ1) is 12.9. The van der Waals surface area contributed by atoms with Crippen LogP contribution in [-0.2, 0) is 0 Å². The number of aromatic carboxylic acids is 1. The van der Waals surface area contributed by atoms with Gasteiger partial charge in [-0.15, -0.1) is 0 Å². The van der Waals surface area contributed by atoms with Crippen LogP contribution in [0.4, 0.5) is 4.39 Å². The molecule has 2 rings (SSSR count). The molecule has 5 nitrogen and oxygen atoms in total. The number of aromatic nitrogens is 2. The summed E-state index contributed by atoms with van der Waals surface area (Å²) in [5.41, 5.74) is 0.459. The molecular weight excluding hydrogens is 251 g/mol. The zero-order valence-electron chi connectivity index (χ0n) is 10.1. The number of hydrogen-bond donors (Lipinski definition) is 1. The third-order valence-electron chi connectivity index (χ3n) is 2.49. The third kappa shape index (κ3) is 3.04. The van der Waals surface area contributed by atoms with Gasteiger partial charge in [0.2, 0.25) is 5.88 Å². The lowest BCUT2D eigenvalue weighted by Gasteiger charge is -2.15. The maximum absolute atomic E-state index is 13.0. The highest BCUT2D eigenvalue weighted by atomic mass is 19.1. The summed E-state index contributed by atoms with van der Waals surface area (Å²) in [4.78, 5) is 18.6. The van der Waals surface area contributed by atoms with Gasteiger partial charge in [0.05, 0.1) is 6.20 Å². The molecular formula is C13H11FN2O3. The largest absolute Gasteiger partial charge is 0.477 e. The Kier molecular flexibility index (Phi) is 3.70. The second-order valence-electron chi connectivity index (χ2n) is 3.86. The molecule has 0 aromatic carbocycles. The normalized spacial score (nSPS) is 11.9. The lowest BCUT2D eigenvalue weighted by Crippen LogP contribution is -2.09. The number of pyridine rings is 2. The number of ether oxygens (including phenoxy) is 1. The average Bonchev–Trinajstić information content (AvgIpc) is 2.41. The smallest absolute Gasteiger partial charge is 0.341 e. The number of hydrogen-bond acceptors (Lipinski definition) is 4. The van der Waals surface area contributed by atoms with Crippen LogP contribution in [0.25, 0.3) is 0 Å². The van der Waals surface area contributed by atoms with Crippen LogP contribution >= 0.6 is 0 Å². The zero-order valence-corrected chi connectivity index (χ0v) is 10.1. The van der Waals surface area contributed by atoms with Crippen LogP contribution in [0.5, 0.6) is 5.88 Å². The molecule has 1 atom stereocenters. The third-order valence-corrected chi connectivity index (χ3v) is 2.49. The first-order chi connectivity index (χ1) is 9.08. The van der Waals surface area contributed by atoms with E-state index in [2.05, 4.69) is 9.97 Å². The van der Waals surface area contributed by atoms with E-state index in [9.17, 15) is 9.18 Å². The minimum Gasteiger partial charge on any atom is -0.477 e. The van der Waals surface area contributed by atoms with E-state index in [-0.39, 0.29) is 11.4 Å². The molecule has 0 saturated heterocycles. The maximum atomic E-state index is 13.0. The Morgan fingerprint density at radius 3 is 2.89 bits per heavy atom. The van der Waals surface area contributed by atoms with E-state index in [0.717, 1.165) is 17.8 Å². The number of nitrogens with zero attached hydrogens (tertiary/aromatic N) is 2. The molecule has 6 heteroatoms. The number of carboxylic acids is 1. The number of rotatable bonds is 4. The van der Waals surface area contributed by atoms with Gasteiger partial charge in [-0.1, -0.05) is 6.07 Å². The predicted octanol–water partition coefficient (Wildman–Crippen LogP) is 2.45. The molecule has 2 heterocycles. The lowest BCUT2D eigenvalue weighted by atomic mass is 10.2. The Balaban J connectivity index is 2.26. The Labute approximate surface area is 108 Å². The molecule has 2 aromatic heterocycles. The fraction of sp³-hybridized carbons (Fsp3) is 0.154. The monoisotopic (exact) mass is 262 g/mol. The molecule has 1 N–H and O–H groups in total. The van der Waals surface area contributed by atoms with Crippen LogP contribution in [-0.4, -0.2) is 21.0 Å². The van der Waals surface area contributed by atoms with Crippen molar-refractivity contribution >= 4 is 5.97 Å². The second-order valence-corrected chi connectivity index (χ2v) is 3.86. The summed E-state index contributed by atoms with van der Waals surface area (Å²) in [6.45, 7) is 1.73. The molecule has 0 bridgehead atoms. The highest BCUT2D eigenvalue weighted by molar-refractivity contribution is 5.90. The van der Waals surface area contributed by atoms with Gasteiger partial charge in [0.1, 0.15) is 17.5 Å². The van der Waals surface area contributed by atoms with Crippen LogP contribution in [0.2, 0.25) is 0 Å². The minimum absolute atomic E-state index is 0.120. The summed E-state index contributed by atoms with van der Waals surface area (Å²) >= 11 is 0. The molecule has 0 spiro atoms. The average molecular weight is 262 g/mol. The van der Waals surface area contributed by atoms with Crippen molar-refractivity contribution in [3.8, 4) is 5.88 Å². The van der Waals surface area contributed by atoms with E-state index < -0.39 is 17.9 Å². The summed E-state index contributed by atoms with van der Waals surface area (Å²) in [5.74, 6) is -2.13. The van der Waals surface area contributed by atoms with Crippen LogP contribution in [0, 0.1) is 5.82 Å². The first-order valence-corrected chi connectivity index (χ1v) is 5.53. The number of carboxylic acid groups (broad SMARTS) is 1. The van der Waals surface area contributed by atoms with Gasteiger partial charge in [0, 0.05) is 18.0 Å². The fourth-order valence-corrected chi connectivity index (χ4v) is 1.53. The van der Waals surface area contributed by atoms with E-state index >= 15 is 0 Å². The van der Waals surface area contributed by atoms with Crippen molar-refractivity contribution in [2.75, 3.05) is 0 Å². The quantitative estimate of drug-likeness (QED) is 0.916. The SMILES string of the molecule is C[C@H](Oc1ncc(F)cc1C(=O)O)c1cccnc1. The van der Waals surface area contributed by atoms with Gasteiger partial charge in [-0.25, -0.2) is 14.2 Å². The lowest BCUT2D eigenvalue weighted by molar-refractivity contribution is 0.0687. The topological polar surface area (TPSA) is 72.3 Å². The molecule has 19 heavy (non-hydrogen) atoms. The standard InChI is InChI=1S/C13H11FN2O3/c1-8(9-3-2-4-15-6-9)19-12-11(13(17)18)5-10(14)7-16-12/h2-8H,1H3,(H,17,18)/t8-/m0/s1. The van der Waals surface area contributed by atoms with Crippen molar-refractivity contribution in [2.45, 2.75) is 13.0 Å². The Bertz CT molecular complexity index is 590. The zero-order chi connectivity index (χ0) is 13.8. The van der Waals surface area contributed by atoms with Gasteiger partial charge in [-0.2, -0.15) is 0 Å². The predicted molar refractivity (Wildman–Crippen MR) is 64.4 cm³/mol. The maximum Gasteiger partial charge on any atom is 0.341 e. The molecule has 2 aromatic rings. The van der Waals surface area contributed by atoms with Crippen LogP contribution in [0.15, 0.2) is 36.8 Å². The molecule has 0 aliphatic carbocycles. The molecule has 0 radical (unpaired) electrons. The second kappa shape index (κ2) is 5.43. The van der Waals surface area contributed by atoms with Gasteiger partial charge in [0.15, 0.2) is 0 Å². The molecule has 0 fully saturated rings. The van der Waals surface area contributed by atoms with E-state index in [1.54, 1.807) is 31.5 Å². The van der Waals surface area contributed by atoms with Gasteiger partial charge in [-0.3, -0.25) is 4.98 Å². The summed E-state index contributed by atoms with van der Waals surface area (Å²) in [5, 5.41) is 8.97. The summed E-state index contributed by atoms with van der Waals surface area (Å²) < 4.78 is 18.4. The Morgan fingerprint density at radius 1 is 1.47 bits per heavy atom. The van der Waals surface area contributed by atoms with Gasteiger partial charge < -0.3 is 9.84 Å². The van der Waals surface area contributed by atoms with Crippen LogP contribution < -0.4 is 4.74 Å². The molecule has 98 valence electrons. The van der Waals surface area contributed by atoms with Crippen molar-refractivity contribution in [1.29, 1.82) is 0 Å². The van der Waals surface area contributed by atoms with Gasteiger partial charge >= 0.3 is 5.97 Å². The van der Waals surface area contributed by atoms with Crippen molar-refractivity contribution < 1.29 is 19.0 Å². The van der Waals surface area contributed by atoms with E-state index in [1.807, 2.05) is 0 Å². The van der Waals surface area contributed by atoms with Crippen LogP contribution in [0.1, 0.15) is 28.9 Å². The van der Waals surface area contributed by atoms with Crippen molar-refractivity contribution in [3.63, 3.8) is 0 Å². The Morgan fingerprint density at radius 2 is 2.26 bits per heavy atom. The first-order valence-electron chi connectivity index (χ1n) is 5.53. The molecule has 0 amide bonds. The van der Waals surface area contributed by atoms with Gasteiger partial charge in [0.25, 0.3) is 0 Å². The van der Waals surface area contributed by atoms with Gasteiger partial charge in [-0.05, 0) is 19.1 Å². The van der Waals surface area contributed by atoms with Crippen molar-refractivity contribution in [2.24, 2.45) is 0 Å². The number of halogens is 1. The van der Waals surface area contributed by atoms with E-state index in [4.69, 9.17) is 9.84 Å². The molecule has 0 aliphatic heterocycles.